The molecule has 0 heterocycles. The Kier molecular flexibility index (Phi) is 10.2. The van der Waals surface area contributed by atoms with Crippen LogP contribution in [0.4, 0.5) is 0 Å². The van der Waals surface area contributed by atoms with Crippen LogP contribution in [0.5, 0.6) is 0 Å². The Morgan fingerprint density at radius 3 is 2.41 bits per heavy atom. The van der Waals surface area contributed by atoms with Crippen molar-refractivity contribution in [2.24, 2.45) is 0 Å². The van der Waals surface area contributed by atoms with Gasteiger partial charge in [-0.1, -0.05) is 33.6 Å². The Hall–Kier alpha value is -0.610. The first-order chi connectivity index (χ1) is 8.15. The standard InChI is InChI=1S/C13H28N2O2/c1-4-7-8-12(13(16)17)14-9-11-15(6-3)10-5-2/h12,14H,4-11H2,1-3H3,(H,16,17). The Morgan fingerprint density at radius 2 is 1.94 bits per heavy atom. The van der Waals surface area contributed by atoms with Crippen molar-refractivity contribution in [2.45, 2.75) is 52.5 Å². The van der Waals surface area contributed by atoms with Crippen molar-refractivity contribution >= 4 is 5.97 Å². The molecule has 0 spiro atoms. The molecule has 0 aromatic heterocycles. The van der Waals surface area contributed by atoms with Crippen molar-refractivity contribution < 1.29 is 9.90 Å². The predicted octanol–water partition coefficient (Wildman–Crippen LogP) is 1.95. The molecular weight excluding hydrogens is 216 g/mol. The molecule has 0 aromatic carbocycles. The largest absolute Gasteiger partial charge is 0.480 e. The second-order valence-corrected chi connectivity index (χ2v) is 4.42. The number of carboxylic acid groups (broad SMARTS) is 1. The average Bonchev–Trinajstić information content (AvgIpc) is 2.31. The lowest BCUT2D eigenvalue weighted by Gasteiger charge is -2.21. The van der Waals surface area contributed by atoms with Crippen molar-refractivity contribution in [3.63, 3.8) is 0 Å². The minimum absolute atomic E-state index is 0.379. The summed E-state index contributed by atoms with van der Waals surface area (Å²) < 4.78 is 0. The van der Waals surface area contributed by atoms with Gasteiger partial charge in [0.1, 0.15) is 6.04 Å². The molecular formula is C13H28N2O2. The molecule has 1 unspecified atom stereocenters. The molecule has 0 aromatic rings. The van der Waals surface area contributed by atoms with Gasteiger partial charge in [-0.2, -0.15) is 0 Å². The second kappa shape index (κ2) is 10.5. The molecule has 0 radical (unpaired) electrons. The molecule has 0 saturated carbocycles. The number of rotatable bonds is 11. The fourth-order valence-electron chi connectivity index (χ4n) is 1.86. The van der Waals surface area contributed by atoms with E-state index in [1.54, 1.807) is 0 Å². The van der Waals surface area contributed by atoms with Crippen LogP contribution in [0, 0.1) is 0 Å². The molecule has 0 aliphatic carbocycles. The molecule has 0 amide bonds. The van der Waals surface area contributed by atoms with E-state index in [0.717, 1.165) is 51.9 Å². The van der Waals surface area contributed by atoms with Gasteiger partial charge in [-0.3, -0.25) is 4.79 Å². The highest BCUT2D eigenvalue weighted by atomic mass is 16.4. The van der Waals surface area contributed by atoms with E-state index in [2.05, 4.69) is 31.0 Å². The molecule has 1 atom stereocenters. The minimum atomic E-state index is -0.725. The van der Waals surface area contributed by atoms with E-state index in [4.69, 9.17) is 5.11 Å². The molecule has 17 heavy (non-hydrogen) atoms. The van der Waals surface area contributed by atoms with E-state index < -0.39 is 5.97 Å². The predicted molar refractivity (Wildman–Crippen MR) is 71.4 cm³/mol. The lowest BCUT2D eigenvalue weighted by atomic mass is 10.1. The van der Waals surface area contributed by atoms with E-state index in [1.165, 1.54) is 0 Å². The molecule has 0 saturated heterocycles. The van der Waals surface area contributed by atoms with Gasteiger partial charge in [0.15, 0.2) is 0 Å². The minimum Gasteiger partial charge on any atom is -0.480 e. The van der Waals surface area contributed by atoms with Gasteiger partial charge in [-0.05, 0) is 25.9 Å². The number of nitrogens with one attached hydrogen (secondary N) is 1. The third-order valence-electron chi connectivity index (χ3n) is 2.95. The van der Waals surface area contributed by atoms with Gasteiger partial charge in [0.2, 0.25) is 0 Å². The van der Waals surface area contributed by atoms with Gasteiger partial charge in [-0.25, -0.2) is 0 Å². The Bertz CT molecular complexity index is 198. The van der Waals surface area contributed by atoms with Crippen molar-refractivity contribution in [2.75, 3.05) is 26.2 Å². The van der Waals surface area contributed by atoms with Crippen LogP contribution in [0.15, 0.2) is 0 Å². The molecule has 0 bridgehead atoms. The van der Waals surface area contributed by atoms with Crippen LogP contribution in [0.1, 0.15) is 46.5 Å². The van der Waals surface area contributed by atoms with Crippen molar-refractivity contribution in [1.82, 2.24) is 10.2 Å². The average molecular weight is 244 g/mol. The summed E-state index contributed by atoms with van der Waals surface area (Å²) in [5, 5.41) is 12.2. The maximum atomic E-state index is 11.0. The summed E-state index contributed by atoms with van der Waals surface area (Å²) in [4.78, 5) is 13.3. The van der Waals surface area contributed by atoms with Gasteiger partial charge < -0.3 is 15.3 Å². The fourth-order valence-corrected chi connectivity index (χ4v) is 1.86. The summed E-state index contributed by atoms with van der Waals surface area (Å²) in [6.07, 6.45) is 3.89. The summed E-state index contributed by atoms with van der Waals surface area (Å²) >= 11 is 0. The van der Waals surface area contributed by atoms with E-state index in [-0.39, 0.29) is 6.04 Å². The van der Waals surface area contributed by atoms with Crippen LogP contribution in [0.2, 0.25) is 0 Å². The van der Waals surface area contributed by atoms with Crippen LogP contribution in [0.3, 0.4) is 0 Å². The first kappa shape index (κ1) is 16.4. The SMILES string of the molecule is CCCCC(NCCN(CC)CCC)C(=O)O. The number of carbonyl (C=O) groups is 1. The van der Waals surface area contributed by atoms with Crippen LogP contribution >= 0.6 is 0 Å². The highest BCUT2D eigenvalue weighted by molar-refractivity contribution is 5.73. The van der Waals surface area contributed by atoms with Crippen LogP contribution in [-0.2, 0) is 4.79 Å². The molecule has 2 N–H and O–H groups in total. The molecule has 0 fully saturated rings. The zero-order chi connectivity index (χ0) is 13.1. The molecule has 0 aliphatic rings. The third-order valence-corrected chi connectivity index (χ3v) is 2.95. The Morgan fingerprint density at radius 1 is 1.24 bits per heavy atom. The molecule has 102 valence electrons. The highest BCUT2D eigenvalue weighted by Gasteiger charge is 2.15. The maximum absolute atomic E-state index is 11.0. The summed E-state index contributed by atoms with van der Waals surface area (Å²) in [7, 11) is 0. The Balaban J connectivity index is 3.83. The molecule has 0 rings (SSSR count). The third kappa shape index (κ3) is 8.16. The van der Waals surface area contributed by atoms with Crippen LogP contribution in [0.25, 0.3) is 0 Å². The fraction of sp³-hybridized carbons (Fsp3) is 0.923. The summed E-state index contributed by atoms with van der Waals surface area (Å²) in [6.45, 7) is 10.2. The van der Waals surface area contributed by atoms with Crippen molar-refractivity contribution in [3.8, 4) is 0 Å². The zero-order valence-electron chi connectivity index (χ0n) is 11.5. The zero-order valence-corrected chi connectivity index (χ0v) is 11.5. The first-order valence-electron chi connectivity index (χ1n) is 6.84. The smallest absolute Gasteiger partial charge is 0.320 e. The van der Waals surface area contributed by atoms with Gasteiger partial charge in [0.25, 0.3) is 0 Å². The number of hydrogen-bond acceptors (Lipinski definition) is 3. The van der Waals surface area contributed by atoms with Gasteiger partial charge in [-0.15, -0.1) is 0 Å². The van der Waals surface area contributed by atoms with Gasteiger partial charge in [0.05, 0.1) is 0 Å². The number of aliphatic carboxylic acids is 1. The Labute approximate surface area is 105 Å². The number of carboxylic acids is 1. The second-order valence-electron chi connectivity index (χ2n) is 4.42. The van der Waals surface area contributed by atoms with Crippen LogP contribution < -0.4 is 5.32 Å². The first-order valence-corrected chi connectivity index (χ1v) is 6.84. The normalized spacial score (nSPS) is 12.9. The van der Waals surface area contributed by atoms with E-state index in [0.29, 0.717) is 0 Å². The van der Waals surface area contributed by atoms with Gasteiger partial charge in [0, 0.05) is 13.1 Å². The lowest BCUT2D eigenvalue weighted by Crippen LogP contribution is -2.41. The molecule has 4 nitrogen and oxygen atoms in total. The van der Waals surface area contributed by atoms with E-state index in [9.17, 15) is 4.79 Å². The van der Waals surface area contributed by atoms with E-state index in [1.807, 2.05) is 0 Å². The topological polar surface area (TPSA) is 52.6 Å². The van der Waals surface area contributed by atoms with Crippen molar-refractivity contribution in [3.05, 3.63) is 0 Å². The number of unbranched alkanes of at least 4 members (excludes halogenated alkanes) is 1. The highest BCUT2D eigenvalue weighted by Crippen LogP contribution is 2.00. The summed E-state index contributed by atoms with van der Waals surface area (Å²) in [5.74, 6) is -0.725. The van der Waals surface area contributed by atoms with Crippen molar-refractivity contribution in [1.29, 1.82) is 0 Å². The monoisotopic (exact) mass is 244 g/mol. The maximum Gasteiger partial charge on any atom is 0.320 e. The summed E-state index contributed by atoms with van der Waals surface area (Å²) in [6, 6.07) is -0.379. The number of hydrogen-bond donors (Lipinski definition) is 2. The molecule has 0 aliphatic heterocycles. The number of likely N-dealkylation sites (N-methyl/N-ethyl adjacent to an activating group) is 1. The molecule has 4 heteroatoms. The van der Waals surface area contributed by atoms with E-state index >= 15 is 0 Å². The lowest BCUT2D eigenvalue weighted by molar-refractivity contribution is -0.139. The summed E-state index contributed by atoms with van der Waals surface area (Å²) in [5.41, 5.74) is 0. The number of nitrogens with zero attached hydrogens (tertiary/aromatic N) is 1. The van der Waals surface area contributed by atoms with Gasteiger partial charge >= 0.3 is 5.97 Å². The quantitative estimate of drug-likeness (QED) is 0.583. The van der Waals surface area contributed by atoms with Crippen LogP contribution in [-0.4, -0.2) is 48.2 Å².